The number of nitrogen functional groups attached to an aromatic ring is 1. The largest absolute Gasteiger partial charge is 0.366 e. The summed E-state index contributed by atoms with van der Waals surface area (Å²) in [5, 5.41) is 3.50. The van der Waals surface area contributed by atoms with E-state index in [0.29, 0.717) is 10.6 Å². The molecule has 6 nitrogen and oxygen atoms in total. The predicted octanol–water partition coefficient (Wildman–Crippen LogP) is 2.49. The lowest BCUT2D eigenvalue weighted by Gasteiger charge is -2.36. The molecule has 3 rings (SSSR count). The number of hydrogen-bond acceptors (Lipinski definition) is 6. The maximum atomic E-state index is 5.49. The Kier molecular flexibility index (Phi) is 4.21. The standard InChI is InChI=1S/C14H22N6S/c1-21-14(5-3-2-4-6-14)10-17-12-13-16-7-8-20(13)9-11(18-12)19-15/h7-9,19H,2-6,10,15H2,1H3,(H,17,18). The molecule has 0 saturated heterocycles. The number of thioether (sulfide) groups is 1. The number of fused-ring (bicyclic) bond motifs is 1. The van der Waals surface area contributed by atoms with Crippen LogP contribution < -0.4 is 16.6 Å². The van der Waals surface area contributed by atoms with Gasteiger partial charge in [-0.3, -0.25) is 0 Å². The second-order valence-electron chi connectivity index (χ2n) is 5.58. The molecule has 7 heteroatoms. The van der Waals surface area contributed by atoms with E-state index < -0.39 is 0 Å². The molecule has 114 valence electrons. The molecular weight excluding hydrogens is 284 g/mol. The van der Waals surface area contributed by atoms with E-state index in [1.54, 1.807) is 6.20 Å². The van der Waals surface area contributed by atoms with Crippen LogP contribution in [0.4, 0.5) is 11.6 Å². The summed E-state index contributed by atoms with van der Waals surface area (Å²) in [6.07, 6.45) is 14.2. The fourth-order valence-electron chi connectivity index (χ4n) is 3.01. The van der Waals surface area contributed by atoms with E-state index in [9.17, 15) is 0 Å². The van der Waals surface area contributed by atoms with Gasteiger partial charge < -0.3 is 15.1 Å². The lowest BCUT2D eigenvalue weighted by molar-refractivity contribution is 0.411. The SMILES string of the molecule is CSC1(CNc2nc(NN)cn3ccnc23)CCCCC1. The highest BCUT2D eigenvalue weighted by molar-refractivity contribution is 8.00. The van der Waals surface area contributed by atoms with E-state index in [4.69, 9.17) is 5.84 Å². The van der Waals surface area contributed by atoms with E-state index in [1.165, 1.54) is 32.1 Å². The minimum atomic E-state index is 0.315. The van der Waals surface area contributed by atoms with Crippen LogP contribution in [-0.2, 0) is 0 Å². The average Bonchev–Trinajstić information content (AvgIpc) is 3.02. The molecule has 1 fully saturated rings. The van der Waals surface area contributed by atoms with Crippen LogP contribution in [0.1, 0.15) is 32.1 Å². The van der Waals surface area contributed by atoms with Crippen LogP contribution in [0.3, 0.4) is 0 Å². The van der Waals surface area contributed by atoms with Crippen LogP contribution in [-0.4, -0.2) is 31.9 Å². The maximum Gasteiger partial charge on any atom is 0.180 e. The zero-order chi connectivity index (χ0) is 14.7. The lowest BCUT2D eigenvalue weighted by atomic mass is 9.88. The van der Waals surface area contributed by atoms with E-state index in [-0.39, 0.29) is 0 Å². The first-order valence-electron chi connectivity index (χ1n) is 7.36. The van der Waals surface area contributed by atoms with Crippen molar-refractivity contribution in [3.05, 3.63) is 18.6 Å². The second-order valence-corrected chi connectivity index (χ2v) is 6.85. The van der Waals surface area contributed by atoms with Gasteiger partial charge in [0.05, 0.1) is 6.20 Å². The molecule has 0 atom stereocenters. The van der Waals surface area contributed by atoms with Gasteiger partial charge in [0.1, 0.15) is 0 Å². The van der Waals surface area contributed by atoms with Crippen molar-refractivity contribution in [2.24, 2.45) is 5.84 Å². The third-order valence-corrected chi connectivity index (χ3v) is 5.72. The predicted molar refractivity (Wildman–Crippen MR) is 88.6 cm³/mol. The van der Waals surface area contributed by atoms with E-state index in [1.807, 2.05) is 28.6 Å². The molecule has 2 aromatic rings. The van der Waals surface area contributed by atoms with Gasteiger partial charge in [0.2, 0.25) is 0 Å². The zero-order valence-electron chi connectivity index (χ0n) is 12.3. The van der Waals surface area contributed by atoms with E-state index in [2.05, 4.69) is 27.0 Å². The Balaban J connectivity index is 1.82. The number of nitrogens with two attached hydrogens (primary N) is 1. The Labute approximate surface area is 128 Å². The fourth-order valence-corrected chi connectivity index (χ4v) is 3.93. The van der Waals surface area contributed by atoms with Crippen molar-refractivity contribution < 1.29 is 0 Å². The zero-order valence-corrected chi connectivity index (χ0v) is 13.1. The maximum absolute atomic E-state index is 5.49. The molecule has 0 bridgehead atoms. The molecule has 2 aromatic heterocycles. The lowest BCUT2D eigenvalue weighted by Crippen LogP contribution is -2.35. The molecule has 0 aliphatic heterocycles. The Morgan fingerprint density at radius 2 is 2.19 bits per heavy atom. The minimum absolute atomic E-state index is 0.315. The molecule has 4 N–H and O–H groups in total. The smallest absolute Gasteiger partial charge is 0.180 e. The summed E-state index contributed by atoms with van der Waals surface area (Å²) in [6.45, 7) is 0.914. The van der Waals surface area contributed by atoms with Crippen molar-refractivity contribution in [2.45, 2.75) is 36.9 Å². The fraction of sp³-hybridized carbons (Fsp3) is 0.571. The Morgan fingerprint density at radius 1 is 1.38 bits per heavy atom. The molecule has 0 spiro atoms. The van der Waals surface area contributed by atoms with Crippen LogP contribution in [0.2, 0.25) is 0 Å². The minimum Gasteiger partial charge on any atom is -0.366 e. The number of nitrogens with zero attached hydrogens (tertiary/aromatic N) is 3. The van der Waals surface area contributed by atoms with Gasteiger partial charge in [-0.2, -0.15) is 11.8 Å². The van der Waals surface area contributed by atoms with Crippen molar-refractivity contribution in [3.8, 4) is 0 Å². The Bertz CT molecular complexity index is 605. The number of nitrogens with one attached hydrogen (secondary N) is 2. The third-order valence-electron chi connectivity index (χ3n) is 4.30. The summed E-state index contributed by atoms with van der Waals surface area (Å²) in [6, 6.07) is 0. The number of aromatic nitrogens is 3. The third kappa shape index (κ3) is 2.94. The van der Waals surface area contributed by atoms with Crippen molar-refractivity contribution in [3.63, 3.8) is 0 Å². The molecular formula is C14H22N6S. The van der Waals surface area contributed by atoms with Crippen LogP contribution in [0.15, 0.2) is 18.6 Å². The molecule has 21 heavy (non-hydrogen) atoms. The monoisotopic (exact) mass is 306 g/mol. The van der Waals surface area contributed by atoms with Gasteiger partial charge in [-0.05, 0) is 19.1 Å². The summed E-state index contributed by atoms with van der Waals surface area (Å²) >= 11 is 1.97. The molecule has 2 heterocycles. The topological polar surface area (TPSA) is 80.3 Å². The summed E-state index contributed by atoms with van der Waals surface area (Å²) in [4.78, 5) is 8.87. The highest BCUT2D eigenvalue weighted by Crippen LogP contribution is 2.38. The van der Waals surface area contributed by atoms with Gasteiger partial charge in [0, 0.05) is 23.7 Å². The summed E-state index contributed by atoms with van der Waals surface area (Å²) < 4.78 is 2.24. The highest BCUT2D eigenvalue weighted by Gasteiger charge is 2.31. The van der Waals surface area contributed by atoms with Gasteiger partial charge in [-0.25, -0.2) is 15.8 Å². The number of hydrazine groups is 1. The number of imidazole rings is 1. The van der Waals surface area contributed by atoms with Crippen LogP contribution >= 0.6 is 11.8 Å². The first kappa shape index (κ1) is 14.5. The quantitative estimate of drug-likeness (QED) is 0.582. The number of hydrogen-bond donors (Lipinski definition) is 3. The molecule has 0 amide bonds. The summed E-state index contributed by atoms with van der Waals surface area (Å²) in [7, 11) is 0. The van der Waals surface area contributed by atoms with Gasteiger partial charge >= 0.3 is 0 Å². The molecule has 1 aliphatic carbocycles. The number of anilines is 2. The first-order chi connectivity index (χ1) is 10.3. The summed E-state index contributed by atoms with van der Waals surface area (Å²) in [5.74, 6) is 6.91. The van der Waals surface area contributed by atoms with Crippen molar-refractivity contribution in [1.29, 1.82) is 0 Å². The van der Waals surface area contributed by atoms with Gasteiger partial charge in [0.25, 0.3) is 0 Å². The Morgan fingerprint density at radius 3 is 2.90 bits per heavy atom. The van der Waals surface area contributed by atoms with Gasteiger partial charge in [-0.15, -0.1) is 0 Å². The molecule has 1 aliphatic rings. The van der Waals surface area contributed by atoms with Crippen LogP contribution in [0.5, 0.6) is 0 Å². The molecule has 0 aromatic carbocycles. The van der Waals surface area contributed by atoms with Crippen LogP contribution in [0.25, 0.3) is 5.65 Å². The normalized spacial score (nSPS) is 17.8. The molecule has 1 saturated carbocycles. The van der Waals surface area contributed by atoms with Gasteiger partial charge in [-0.1, -0.05) is 19.3 Å². The van der Waals surface area contributed by atoms with Crippen molar-refractivity contribution in [2.75, 3.05) is 23.5 Å². The van der Waals surface area contributed by atoms with Gasteiger partial charge in [0.15, 0.2) is 17.3 Å². The van der Waals surface area contributed by atoms with Crippen molar-refractivity contribution in [1.82, 2.24) is 14.4 Å². The van der Waals surface area contributed by atoms with Crippen molar-refractivity contribution >= 4 is 29.0 Å². The van der Waals surface area contributed by atoms with Crippen LogP contribution in [0, 0.1) is 0 Å². The second kappa shape index (κ2) is 6.11. The Hall–Kier alpha value is -1.47. The first-order valence-corrected chi connectivity index (χ1v) is 8.58. The average molecular weight is 306 g/mol. The van der Waals surface area contributed by atoms with E-state index >= 15 is 0 Å². The number of rotatable bonds is 5. The summed E-state index contributed by atoms with van der Waals surface area (Å²) in [5.41, 5.74) is 3.44. The molecule has 0 radical (unpaired) electrons. The molecule has 0 unspecified atom stereocenters. The van der Waals surface area contributed by atoms with E-state index in [0.717, 1.165) is 18.0 Å². The highest BCUT2D eigenvalue weighted by atomic mass is 32.2.